The molecular formula is C21H21NO5. The Morgan fingerprint density at radius 2 is 1.96 bits per heavy atom. The summed E-state index contributed by atoms with van der Waals surface area (Å²) in [7, 11) is 0. The largest absolute Gasteiger partial charge is 0.454 e. The Morgan fingerprint density at radius 1 is 1.22 bits per heavy atom. The first-order chi connectivity index (χ1) is 12.8. The monoisotopic (exact) mass is 367 g/mol. The van der Waals surface area contributed by atoms with Crippen LogP contribution in [0.15, 0.2) is 42.5 Å². The molecule has 0 radical (unpaired) electrons. The number of alkyl carbamates (subject to hydrolysis) is 1. The lowest BCUT2D eigenvalue weighted by molar-refractivity contribution is -0.169. The second-order valence-corrected chi connectivity index (χ2v) is 7.13. The molecule has 1 aliphatic carbocycles. The fourth-order valence-electron chi connectivity index (χ4n) is 3.95. The third-order valence-corrected chi connectivity index (χ3v) is 5.28. The van der Waals surface area contributed by atoms with Crippen molar-refractivity contribution in [3.05, 3.63) is 64.7 Å². The van der Waals surface area contributed by atoms with Crippen molar-refractivity contribution >= 4 is 11.9 Å². The van der Waals surface area contributed by atoms with Crippen molar-refractivity contribution in [2.75, 3.05) is 6.61 Å². The summed E-state index contributed by atoms with van der Waals surface area (Å²) in [5, 5.41) is 14.2. The lowest BCUT2D eigenvalue weighted by atomic mass is 9.82. The number of ketones is 1. The van der Waals surface area contributed by atoms with Gasteiger partial charge in [0.15, 0.2) is 0 Å². The Balaban J connectivity index is 1.95. The first kappa shape index (κ1) is 17.5. The molecule has 1 heterocycles. The van der Waals surface area contributed by atoms with Crippen LogP contribution >= 0.6 is 0 Å². The smallest absolute Gasteiger partial charge is 0.408 e. The summed E-state index contributed by atoms with van der Waals surface area (Å²) in [6.45, 7) is 5.89. The Hall–Kier alpha value is -2.86. The van der Waals surface area contributed by atoms with Gasteiger partial charge in [-0.3, -0.25) is 10.1 Å². The van der Waals surface area contributed by atoms with Crippen molar-refractivity contribution in [1.29, 1.82) is 0 Å². The molecule has 0 aromatic heterocycles. The molecule has 0 bridgehead atoms. The number of Topliss-reactive ketones (excluding diaryl/α,β-unsaturated/α-hetero) is 1. The fraction of sp³-hybridized carbons (Fsp3) is 0.333. The summed E-state index contributed by atoms with van der Waals surface area (Å²) < 4.78 is 11.0. The molecule has 140 valence electrons. The zero-order valence-corrected chi connectivity index (χ0v) is 15.4. The second-order valence-electron chi connectivity index (χ2n) is 7.13. The van der Waals surface area contributed by atoms with Gasteiger partial charge in [-0.2, -0.15) is 0 Å². The van der Waals surface area contributed by atoms with Gasteiger partial charge in [0.05, 0.1) is 6.61 Å². The molecule has 0 saturated carbocycles. The van der Waals surface area contributed by atoms with Crippen LogP contribution in [0.5, 0.6) is 5.75 Å². The average Bonchev–Trinajstić information content (AvgIpc) is 2.99. The van der Waals surface area contributed by atoms with Crippen molar-refractivity contribution in [2.24, 2.45) is 0 Å². The van der Waals surface area contributed by atoms with Crippen LogP contribution in [-0.4, -0.2) is 23.6 Å². The molecule has 2 aliphatic rings. The lowest BCUT2D eigenvalue weighted by Gasteiger charge is -2.33. The number of amides is 1. The number of rotatable bonds is 3. The van der Waals surface area contributed by atoms with E-state index in [0.29, 0.717) is 22.4 Å². The molecule has 1 amide bonds. The molecule has 4 rings (SSSR count). The van der Waals surface area contributed by atoms with Crippen molar-refractivity contribution in [2.45, 2.75) is 38.0 Å². The summed E-state index contributed by atoms with van der Waals surface area (Å²) in [5.41, 5.74) is 0.283. The molecule has 0 saturated heterocycles. The van der Waals surface area contributed by atoms with E-state index >= 15 is 0 Å². The van der Waals surface area contributed by atoms with E-state index in [1.54, 1.807) is 43.3 Å². The van der Waals surface area contributed by atoms with Gasteiger partial charge in [-0.1, -0.05) is 50.2 Å². The van der Waals surface area contributed by atoms with E-state index in [1.807, 2.05) is 19.9 Å². The predicted molar refractivity (Wildman–Crippen MR) is 97.7 cm³/mol. The molecule has 0 unspecified atom stereocenters. The first-order valence-corrected chi connectivity index (χ1v) is 9.00. The number of fused-ring (bicyclic) bond motifs is 5. The van der Waals surface area contributed by atoms with E-state index < -0.39 is 23.2 Å². The molecule has 6 nitrogen and oxygen atoms in total. The molecule has 1 aliphatic heterocycles. The molecule has 2 atom stereocenters. The SMILES string of the molecule is CCOC(=O)N[C@@]12C(=O)c3ccccc3[C@]1(O)Oc1cc(C(C)C)ccc12. The van der Waals surface area contributed by atoms with Crippen LogP contribution in [0.1, 0.15) is 53.7 Å². The summed E-state index contributed by atoms with van der Waals surface area (Å²) in [6, 6.07) is 12.1. The van der Waals surface area contributed by atoms with Crippen LogP contribution in [-0.2, 0) is 16.1 Å². The maximum Gasteiger partial charge on any atom is 0.408 e. The van der Waals surface area contributed by atoms with Gasteiger partial charge in [-0.15, -0.1) is 0 Å². The number of ether oxygens (including phenoxy) is 2. The third-order valence-electron chi connectivity index (χ3n) is 5.28. The van der Waals surface area contributed by atoms with Crippen molar-refractivity contribution in [3.8, 4) is 5.75 Å². The molecule has 2 aromatic rings. The van der Waals surface area contributed by atoms with Crippen LogP contribution in [0.4, 0.5) is 4.79 Å². The minimum Gasteiger partial charge on any atom is -0.454 e. The number of hydrogen-bond acceptors (Lipinski definition) is 5. The highest BCUT2D eigenvalue weighted by molar-refractivity contribution is 6.11. The fourth-order valence-corrected chi connectivity index (χ4v) is 3.95. The van der Waals surface area contributed by atoms with Crippen molar-refractivity contribution in [3.63, 3.8) is 0 Å². The summed E-state index contributed by atoms with van der Waals surface area (Å²) >= 11 is 0. The van der Waals surface area contributed by atoms with Crippen LogP contribution in [0.2, 0.25) is 0 Å². The van der Waals surface area contributed by atoms with E-state index in [1.165, 1.54) is 0 Å². The summed E-state index contributed by atoms with van der Waals surface area (Å²) in [6.07, 6.45) is -0.790. The van der Waals surface area contributed by atoms with E-state index in [-0.39, 0.29) is 12.5 Å². The Kier molecular flexibility index (Phi) is 3.78. The zero-order chi connectivity index (χ0) is 19.4. The highest BCUT2D eigenvalue weighted by Crippen LogP contribution is 2.58. The molecule has 0 fully saturated rings. The standard InChI is InChI=1S/C21H21NO5/c1-4-26-19(24)22-20-16-10-9-13(12(2)3)11-17(16)27-21(20,25)15-8-6-5-7-14(15)18(20)23/h5-12,25H,4H2,1-3H3,(H,22,24)/t20-,21-/m0/s1. The van der Waals surface area contributed by atoms with Gasteiger partial charge < -0.3 is 14.6 Å². The van der Waals surface area contributed by atoms with Gasteiger partial charge in [0, 0.05) is 16.7 Å². The Morgan fingerprint density at radius 3 is 2.67 bits per heavy atom. The maximum absolute atomic E-state index is 13.4. The van der Waals surface area contributed by atoms with Crippen LogP contribution in [0.25, 0.3) is 0 Å². The zero-order valence-electron chi connectivity index (χ0n) is 15.4. The van der Waals surface area contributed by atoms with Crippen molar-refractivity contribution in [1.82, 2.24) is 5.32 Å². The highest BCUT2D eigenvalue weighted by atomic mass is 16.6. The minimum atomic E-state index is -2.04. The summed E-state index contributed by atoms with van der Waals surface area (Å²) in [4.78, 5) is 25.7. The number of hydrogen-bond donors (Lipinski definition) is 2. The van der Waals surface area contributed by atoms with Crippen molar-refractivity contribution < 1.29 is 24.2 Å². The van der Waals surface area contributed by atoms with Gasteiger partial charge in [0.1, 0.15) is 5.75 Å². The highest BCUT2D eigenvalue weighted by Gasteiger charge is 2.71. The maximum atomic E-state index is 13.4. The molecule has 6 heteroatoms. The number of benzene rings is 2. The molecule has 2 aromatic carbocycles. The van der Waals surface area contributed by atoms with Gasteiger partial charge >= 0.3 is 6.09 Å². The van der Waals surface area contributed by atoms with Crippen LogP contribution in [0, 0.1) is 0 Å². The van der Waals surface area contributed by atoms with Crippen LogP contribution < -0.4 is 10.1 Å². The van der Waals surface area contributed by atoms with Gasteiger partial charge in [0.25, 0.3) is 5.79 Å². The molecule has 2 N–H and O–H groups in total. The first-order valence-electron chi connectivity index (χ1n) is 9.00. The lowest BCUT2D eigenvalue weighted by Crippen LogP contribution is -2.60. The van der Waals surface area contributed by atoms with Gasteiger partial charge in [-0.05, 0) is 24.5 Å². The quantitative estimate of drug-likeness (QED) is 0.870. The predicted octanol–water partition coefficient (Wildman–Crippen LogP) is 3.19. The van der Waals surface area contributed by atoms with E-state index in [9.17, 15) is 14.7 Å². The average molecular weight is 367 g/mol. The Bertz CT molecular complexity index is 953. The number of nitrogens with one attached hydrogen (secondary N) is 1. The number of aliphatic hydroxyl groups is 1. The number of carbonyl (C=O) groups is 2. The van der Waals surface area contributed by atoms with Gasteiger partial charge in [-0.25, -0.2) is 4.79 Å². The number of carbonyl (C=O) groups excluding carboxylic acids is 2. The minimum absolute atomic E-state index is 0.140. The molecule has 27 heavy (non-hydrogen) atoms. The third kappa shape index (κ3) is 2.16. The molecule has 0 spiro atoms. The van der Waals surface area contributed by atoms with E-state index in [0.717, 1.165) is 5.56 Å². The second kappa shape index (κ2) is 5.82. The molecular weight excluding hydrogens is 346 g/mol. The van der Waals surface area contributed by atoms with Crippen LogP contribution in [0.3, 0.4) is 0 Å². The van der Waals surface area contributed by atoms with Gasteiger partial charge in [0.2, 0.25) is 11.3 Å². The summed E-state index contributed by atoms with van der Waals surface area (Å²) in [5.74, 6) is -1.84. The van der Waals surface area contributed by atoms with E-state index in [2.05, 4.69) is 5.32 Å². The Labute approximate surface area is 157 Å². The normalized spacial score (nSPS) is 24.9. The van der Waals surface area contributed by atoms with E-state index in [4.69, 9.17) is 9.47 Å². The topological polar surface area (TPSA) is 84.9 Å².